The molecule has 1 aliphatic heterocycles. The summed E-state index contributed by atoms with van der Waals surface area (Å²) in [5.41, 5.74) is 2.24. The van der Waals surface area contributed by atoms with E-state index in [9.17, 15) is 9.59 Å². The molecule has 3 aromatic rings. The lowest BCUT2D eigenvalue weighted by Gasteiger charge is -2.36. The minimum atomic E-state index is -0.636. The first-order valence-corrected chi connectivity index (χ1v) is 11.6. The molecule has 1 saturated heterocycles. The van der Waals surface area contributed by atoms with Gasteiger partial charge in [0.2, 0.25) is 5.76 Å². The summed E-state index contributed by atoms with van der Waals surface area (Å²) in [7, 11) is 1.74. The number of aryl methyl sites for hydroxylation is 1. The summed E-state index contributed by atoms with van der Waals surface area (Å²) in [4.78, 5) is 29.3. The highest BCUT2D eigenvalue weighted by Crippen LogP contribution is 2.40. The highest BCUT2D eigenvalue weighted by Gasteiger charge is 2.37. The van der Waals surface area contributed by atoms with E-state index in [1.54, 1.807) is 38.1 Å². The predicted molar refractivity (Wildman–Crippen MR) is 125 cm³/mol. The van der Waals surface area contributed by atoms with Crippen LogP contribution in [0.25, 0.3) is 22.2 Å². The van der Waals surface area contributed by atoms with Crippen LogP contribution in [-0.2, 0) is 21.3 Å². The Morgan fingerprint density at radius 2 is 2.00 bits per heavy atom. The van der Waals surface area contributed by atoms with Crippen molar-refractivity contribution in [3.8, 4) is 11.3 Å². The molecule has 0 bridgehead atoms. The van der Waals surface area contributed by atoms with Gasteiger partial charge in [0.1, 0.15) is 17.0 Å². The summed E-state index contributed by atoms with van der Waals surface area (Å²) in [5, 5.41) is 9.11. The van der Waals surface area contributed by atoms with Crippen molar-refractivity contribution in [3.05, 3.63) is 30.2 Å². The van der Waals surface area contributed by atoms with E-state index in [4.69, 9.17) is 18.6 Å². The summed E-state index contributed by atoms with van der Waals surface area (Å²) in [6.07, 6.45) is 3.17. The fraction of sp³-hybridized carbons (Fsp3) is 0.500. The first kappa shape index (κ1) is 23.7. The number of carbonyl (C=O) groups excluding carboxylic acids is 2. The van der Waals surface area contributed by atoms with E-state index in [2.05, 4.69) is 10.2 Å². The maximum Gasteiger partial charge on any atom is 0.414 e. The highest BCUT2D eigenvalue weighted by molar-refractivity contribution is 6.10. The van der Waals surface area contributed by atoms with E-state index < -0.39 is 12.1 Å². The molecule has 0 saturated carbocycles. The van der Waals surface area contributed by atoms with Crippen LogP contribution in [0.15, 0.2) is 28.8 Å². The summed E-state index contributed by atoms with van der Waals surface area (Å²) < 4.78 is 22.5. The molecule has 182 valence electrons. The third kappa shape index (κ3) is 4.63. The minimum absolute atomic E-state index is 0.00930. The Morgan fingerprint density at radius 1 is 1.21 bits per heavy atom. The molecular formula is C24H30N4O6. The molecule has 10 nitrogen and oxygen atoms in total. The average Bonchev–Trinajstić information content (AvgIpc) is 3.43. The van der Waals surface area contributed by atoms with Gasteiger partial charge in [-0.1, -0.05) is 6.92 Å². The van der Waals surface area contributed by atoms with Crippen molar-refractivity contribution < 1.29 is 28.2 Å². The topological polar surface area (TPSA) is 109 Å². The molecule has 1 aromatic carbocycles. The number of esters is 1. The molecule has 34 heavy (non-hydrogen) atoms. The Bertz CT molecular complexity index is 1170. The number of rotatable bonds is 7. The van der Waals surface area contributed by atoms with E-state index in [0.29, 0.717) is 41.8 Å². The lowest BCUT2D eigenvalue weighted by molar-refractivity contribution is 0.00465. The number of ether oxygens (including phenoxy) is 3. The Labute approximate surface area is 197 Å². The fourth-order valence-electron chi connectivity index (χ4n) is 4.29. The molecule has 0 radical (unpaired) electrons. The molecule has 0 aliphatic carbocycles. The van der Waals surface area contributed by atoms with E-state index >= 15 is 0 Å². The van der Waals surface area contributed by atoms with Crippen LogP contribution in [0.2, 0.25) is 0 Å². The molecule has 1 aliphatic rings. The number of carbonyl (C=O) groups is 2. The molecule has 10 heteroatoms. The van der Waals surface area contributed by atoms with Crippen LogP contribution in [0.1, 0.15) is 50.6 Å². The number of nitrogens with zero attached hydrogens (tertiary/aromatic N) is 4. The second kappa shape index (κ2) is 10.3. The van der Waals surface area contributed by atoms with Crippen LogP contribution >= 0.6 is 0 Å². The third-order valence-electron chi connectivity index (χ3n) is 5.88. The SMILES string of the molecule is CCOC(=O)c1oc2ccc(-c3cnn(C)n3)cc2c1N(C(=O)OCC)[C@H]1CCO[C@@H](CC)C1. The first-order valence-electron chi connectivity index (χ1n) is 11.6. The number of aromatic nitrogens is 3. The van der Waals surface area contributed by atoms with Gasteiger partial charge in [0.25, 0.3) is 0 Å². The maximum atomic E-state index is 13.3. The first-order chi connectivity index (χ1) is 16.5. The molecule has 2 aromatic heterocycles. The number of hydrogen-bond acceptors (Lipinski definition) is 8. The van der Waals surface area contributed by atoms with Gasteiger partial charge in [-0.3, -0.25) is 4.90 Å². The van der Waals surface area contributed by atoms with Gasteiger partial charge >= 0.3 is 12.1 Å². The molecule has 3 heterocycles. The normalized spacial score (nSPS) is 18.1. The number of benzene rings is 1. The fourth-order valence-corrected chi connectivity index (χ4v) is 4.29. The van der Waals surface area contributed by atoms with Gasteiger partial charge in [0.15, 0.2) is 0 Å². The van der Waals surface area contributed by atoms with Crippen molar-refractivity contribution in [3.63, 3.8) is 0 Å². The Hall–Kier alpha value is -3.40. The summed E-state index contributed by atoms with van der Waals surface area (Å²) in [6.45, 7) is 6.40. The molecule has 0 unspecified atom stereocenters. The number of anilines is 1. The molecule has 1 fully saturated rings. The smallest absolute Gasteiger partial charge is 0.414 e. The second-order valence-corrected chi connectivity index (χ2v) is 8.08. The van der Waals surface area contributed by atoms with E-state index in [0.717, 1.165) is 12.0 Å². The van der Waals surface area contributed by atoms with Gasteiger partial charge in [-0.25, -0.2) is 9.59 Å². The van der Waals surface area contributed by atoms with Crippen LogP contribution in [0, 0.1) is 0 Å². The van der Waals surface area contributed by atoms with Crippen LogP contribution in [0.5, 0.6) is 0 Å². The van der Waals surface area contributed by atoms with E-state index in [1.807, 2.05) is 19.1 Å². The molecule has 2 atom stereocenters. The van der Waals surface area contributed by atoms with Crippen molar-refractivity contribution in [2.75, 3.05) is 24.7 Å². The van der Waals surface area contributed by atoms with Gasteiger partial charge in [0, 0.05) is 30.6 Å². The molecule has 0 N–H and O–H groups in total. The second-order valence-electron chi connectivity index (χ2n) is 8.08. The lowest BCUT2D eigenvalue weighted by atomic mass is 9.98. The summed E-state index contributed by atoms with van der Waals surface area (Å²) >= 11 is 0. The minimum Gasteiger partial charge on any atom is -0.460 e. The van der Waals surface area contributed by atoms with Gasteiger partial charge in [-0.05, 0) is 51.3 Å². The lowest BCUT2D eigenvalue weighted by Crippen LogP contribution is -2.46. The zero-order valence-corrected chi connectivity index (χ0v) is 19.9. The average molecular weight is 471 g/mol. The predicted octanol–water partition coefficient (Wildman–Crippen LogP) is 4.33. The zero-order chi connectivity index (χ0) is 24.2. The third-order valence-corrected chi connectivity index (χ3v) is 5.88. The standard InChI is InChI=1S/C24H30N4O6/c1-5-17-13-16(10-11-33-17)28(24(30)32-7-3)21-18-12-15(19-14-25-27(4)26-19)8-9-20(18)34-22(21)23(29)31-6-2/h8-9,12,14,16-17H,5-7,10-11,13H2,1-4H3/t16-,17-/m0/s1. The van der Waals surface area contributed by atoms with Crippen LogP contribution in [0.4, 0.5) is 10.5 Å². The zero-order valence-electron chi connectivity index (χ0n) is 19.9. The van der Waals surface area contributed by atoms with Crippen molar-refractivity contribution in [2.45, 2.75) is 52.2 Å². The number of fused-ring (bicyclic) bond motifs is 1. The van der Waals surface area contributed by atoms with Crippen LogP contribution < -0.4 is 4.90 Å². The molecular weight excluding hydrogens is 440 g/mol. The summed E-state index contributed by atoms with van der Waals surface area (Å²) in [5.74, 6) is -0.663. The van der Waals surface area contributed by atoms with Crippen molar-refractivity contribution in [1.29, 1.82) is 0 Å². The molecule has 4 rings (SSSR count). The number of furan rings is 1. The summed E-state index contributed by atoms with van der Waals surface area (Å²) in [6, 6.07) is 5.22. The van der Waals surface area contributed by atoms with Crippen molar-refractivity contribution >= 4 is 28.7 Å². The van der Waals surface area contributed by atoms with Gasteiger partial charge in [0.05, 0.1) is 25.5 Å². The Balaban J connectivity index is 1.90. The van der Waals surface area contributed by atoms with Crippen LogP contribution in [0.3, 0.4) is 0 Å². The quantitative estimate of drug-likeness (QED) is 0.470. The van der Waals surface area contributed by atoms with E-state index in [1.165, 1.54) is 4.80 Å². The van der Waals surface area contributed by atoms with Gasteiger partial charge in [-0.15, -0.1) is 0 Å². The van der Waals surface area contributed by atoms with Gasteiger partial charge < -0.3 is 18.6 Å². The highest BCUT2D eigenvalue weighted by atomic mass is 16.6. The van der Waals surface area contributed by atoms with Crippen LogP contribution in [-0.4, -0.2) is 59.0 Å². The van der Waals surface area contributed by atoms with E-state index in [-0.39, 0.29) is 31.1 Å². The molecule has 1 amide bonds. The number of amides is 1. The Kier molecular flexibility index (Phi) is 7.16. The number of hydrogen-bond donors (Lipinski definition) is 0. The Morgan fingerprint density at radius 3 is 2.68 bits per heavy atom. The molecule has 0 spiro atoms. The monoisotopic (exact) mass is 470 g/mol. The largest absolute Gasteiger partial charge is 0.460 e. The van der Waals surface area contributed by atoms with Crippen molar-refractivity contribution in [2.24, 2.45) is 7.05 Å². The maximum absolute atomic E-state index is 13.3. The van der Waals surface area contributed by atoms with Gasteiger partial charge in [-0.2, -0.15) is 15.0 Å². The van der Waals surface area contributed by atoms with Crippen molar-refractivity contribution in [1.82, 2.24) is 15.0 Å².